The molecule has 0 unspecified atom stereocenters. The van der Waals surface area contributed by atoms with Gasteiger partial charge in [0.2, 0.25) is 0 Å². The van der Waals surface area contributed by atoms with Gasteiger partial charge in [0.05, 0.1) is 5.39 Å². The molecule has 7 aromatic rings. The summed E-state index contributed by atoms with van der Waals surface area (Å²) in [6, 6.07) is 52.3. The molecule has 0 aliphatic rings. The number of Topliss-reactive ketones (excluding diaryl/α,β-unsaturated/α-hetero) is 1. The molecule has 0 saturated carbocycles. The third kappa shape index (κ3) is 11.0. The van der Waals surface area contributed by atoms with E-state index in [9.17, 15) is 37.0 Å². The van der Waals surface area contributed by atoms with Gasteiger partial charge in [-0.25, -0.2) is 4.79 Å². The number of benzene rings is 6. The van der Waals surface area contributed by atoms with Crippen LogP contribution in [0.2, 0.25) is 0 Å². The quantitative estimate of drug-likeness (QED) is 0.0704. The topological polar surface area (TPSA) is 102 Å². The van der Waals surface area contributed by atoms with Crippen LogP contribution in [0.1, 0.15) is 17.3 Å². The molecule has 0 spiro atoms. The number of aromatic hydroxyl groups is 1. The van der Waals surface area contributed by atoms with Crippen molar-refractivity contribution in [3.05, 3.63) is 214 Å². The van der Waals surface area contributed by atoms with Crippen LogP contribution in [-0.4, -0.2) is 17.1 Å². The minimum absolute atomic E-state index is 0. The first kappa shape index (κ1) is 47.5. The van der Waals surface area contributed by atoms with Gasteiger partial charge in [0.15, 0.2) is 19.8 Å². The van der Waals surface area contributed by atoms with Gasteiger partial charge in [-0.05, 0) is 25.1 Å². The number of carbonyl (C=O) groups is 1. The van der Waals surface area contributed by atoms with Gasteiger partial charge in [-0.1, -0.05) is 186 Å². The summed E-state index contributed by atoms with van der Waals surface area (Å²) in [7, 11) is -5.57. The molecule has 7 rings (SSSR count). The van der Waals surface area contributed by atoms with Crippen molar-refractivity contribution in [3.63, 3.8) is 0 Å². The third-order valence-electron chi connectivity index (χ3n) is 8.79. The summed E-state index contributed by atoms with van der Waals surface area (Å²) in [6.07, 6.45) is -1.69. The van der Waals surface area contributed by atoms with Gasteiger partial charge in [0.1, 0.15) is 11.3 Å². The third-order valence-corrected chi connectivity index (χ3v) is 15.6. The van der Waals surface area contributed by atoms with Crippen molar-refractivity contribution in [2.45, 2.75) is 13.1 Å². The second-order valence-corrected chi connectivity index (χ2v) is 18.8. The first-order valence-electron chi connectivity index (χ1n) is 17.6. The molecule has 1 N–H and O–H groups in total. The molecule has 0 saturated heterocycles. The molecule has 0 aliphatic carbocycles. The molecular formula is C46H36BrEuF3O6P2. The number of allylic oxidation sites excluding steroid dienone is 3. The van der Waals surface area contributed by atoms with Crippen molar-refractivity contribution < 1.29 is 86.0 Å². The zero-order valence-corrected chi connectivity index (χ0v) is 37.1. The van der Waals surface area contributed by atoms with E-state index in [2.05, 4.69) is 26.9 Å². The second kappa shape index (κ2) is 21.4. The predicted molar refractivity (Wildman–Crippen MR) is 232 cm³/mol. The van der Waals surface area contributed by atoms with E-state index < -0.39 is 43.2 Å². The van der Waals surface area contributed by atoms with Crippen LogP contribution in [0.3, 0.4) is 0 Å². The zero-order valence-electron chi connectivity index (χ0n) is 31.3. The molecule has 0 amide bonds. The molecule has 6 nitrogen and oxygen atoms in total. The van der Waals surface area contributed by atoms with Crippen molar-refractivity contribution >= 4 is 73.5 Å². The summed E-state index contributed by atoms with van der Waals surface area (Å²) in [5, 5.41) is 14.6. The molecule has 1 radical (unpaired) electrons. The summed E-state index contributed by atoms with van der Waals surface area (Å²) < 4.78 is 69.5. The van der Waals surface area contributed by atoms with Crippen LogP contribution in [0.15, 0.2) is 208 Å². The summed E-state index contributed by atoms with van der Waals surface area (Å²) in [6.45, 7) is 5.71. The van der Waals surface area contributed by atoms with Crippen LogP contribution in [0, 0.1) is 49.4 Å². The number of alkyl halides is 3. The van der Waals surface area contributed by atoms with Gasteiger partial charge >= 0.3 is 11.8 Å². The number of rotatable bonds is 8. The molecule has 59 heavy (non-hydrogen) atoms. The van der Waals surface area contributed by atoms with Gasteiger partial charge in [-0.15, -0.1) is 0 Å². The largest absolute Gasteiger partial charge is 0.506 e. The van der Waals surface area contributed by atoms with Crippen LogP contribution >= 0.6 is 30.2 Å². The molecule has 6 aromatic carbocycles. The predicted octanol–water partition coefficient (Wildman–Crippen LogP) is 10.4. The monoisotopic (exact) mass is 1040 g/mol. The van der Waals surface area contributed by atoms with E-state index in [1.807, 2.05) is 165 Å². The Balaban J connectivity index is 0.000000194. The van der Waals surface area contributed by atoms with E-state index >= 15 is 0 Å². The average molecular weight is 1040 g/mol. The molecule has 301 valence electrons. The fourth-order valence-electron chi connectivity index (χ4n) is 6.01. The Hall–Kier alpha value is -4.21. The SMILES string of the molecule is C=C/C(=C\C)P(=O)(c1ccccc1)c1ccccc1.O=C(c1c(O)c2cc(Br)ccc2oc1=O)C(F)(F)F.O=P(c1ccccc1)(c1ccccc1)c1ccccc1.[Eu]. The second-order valence-electron chi connectivity index (χ2n) is 12.4. The molecule has 0 aliphatic heterocycles. The Morgan fingerprint density at radius 3 is 1.39 bits per heavy atom. The number of fused-ring (bicyclic) bond motifs is 1. The maximum absolute atomic E-state index is 13.8. The minimum Gasteiger partial charge on any atom is -0.506 e. The average Bonchev–Trinajstić information content (AvgIpc) is 3.25. The first-order chi connectivity index (χ1) is 27.8. The fourth-order valence-corrected chi connectivity index (χ4v) is 11.7. The van der Waals surface area contributed by atoms with Crippen LogP contribution < -0.4 is 32.1 Å². The van der Waals surface area contributed by atoms with Crippen molar-refractivity contribution in [1.82, 2.24) is 0 Å². The van der Waals surface area contributed by atoms with Crippen LogP contribution in [0.4, 0.5) is 13.2 Å². The smallest absolute Gasteiger partial charge is 0.455 e. The Morgan fingerprint density at radius 1 is 0.678 bits per heavy atom. The van der Waals surface area contributed by atoms with Gasteiger partial charge in [0, 0.05) is 85.7 Å². The molecule has 1 aromatic heterocycles. The van der Waals surface area contributed by atoms with Gasteiger partial charge in [-0.2, -0.15) is 13.2 Å². The Bertz CT molecular complexity index is 2550. The van der Waals surface area contributed by atoms with Crippen molar-refractivity contribution in [3.8, 4) is 5.75 Å². The van der Waals surface area contributed by atoms with E-state index in [-0.39, 0.29) is 60.3 Å². The summed E-state index contributed by atoms with van der Waals surface area (Å²) in [4.78, 5) is 22.4. The first-order valence-corrected chi connectivity index (χ1v) is 21.8. The van der Waals surface area contributed by atoms with E-state index in [4.69, 9.17) is 0 Å². The zero-order chi connectivity index (χ0) is 41.9. The fraction of sp³-hybridized carbons (Fsp3) is 0.0435. The number of hydrogen-bond donors (Lipinski definition) is 1. The summed E-state index contributed by atoms with van der Waals surface area (Å²) in [5.41, 5.74) is -3.07. The van der Waals surface area contributed by atoms with E-state index in [1.165, 1.54) is 18.2 Å². The molecule has 1 heterocycles. The summed E-state index contributed by atoms with van der Waals surface area (Å²) >= 11 is 3.05. The molecular weight excluding hydrogens is 999 g/mol. The van der Waals surface area contributed by atoms with E-state index in [0.717, 1.165) is 31.8 Å². The van der Waals surface area contributed by atoms with Gasteiger partial charge < -0.3 is 18.7 Å². The number of hydrogen-bond acceptors (Lipinski definition) is 6. The number of ketones is 1. The minimum atomic E-state index is -5.27. The van der Waals surface area contributed by atoms with Crippen molar-refractivity contribution in [2.24, 2.45) is 0 Å². The molecule has 0 fully saturated rings. The number of carbonyl (C=O) groups excluding carboxylic acids is 1. The maximum Gasteiger partial charge on any atom is 0.455 e. The van der Waals surface area contributed by atoms with Crippen LogP contribution in [0.25, 0.3) is 11.0 Å². The Kier molecular flexibility index (Phi) is 17.2. The van der Waals surface area contributed by atoms with Gasteiger partial charge in [-0.3, -0.25) is 4.79 Å². The molecule has 13 heteroatoms. The van der Waals surface area contributed by atoms with Gasteiger partial charge in [0.25, 0.3) is 5.78 Å². The van der Waals surface area contributed by atoms with E-state index in [0.29, 0.717) is 4.47 Å². The Morgan fingerprint density at radius 2 is 1.05 bits per heavy atom. The molecule has 0 atom stereocenters. The Labute approximate surface area is 388 Å². The standard InChI is InChI=1S/C18H15OP.C17H17OP.C11H4BrF3O4.Eu/c19-20(16-10-4-1-5-11-16,17-12-6-2-7-13-17)18-14-8-3-9-15-18;1-3-15(4-2)19(18,16-11-7-5-8-12-16)17-13-9-6-10-14-17;12-4-1-2-6-5(3-4)8(16)7(10(18)19-6)9(17)11(13,14)15;/h1-15H;3-14H,1H2,2H3;1-3,16H;/b;15-4+;;. The van der Waals surface area contributed by atoms with E-state index in [1.54, 1.807) is 6.08 Å². The van der Waals surface area contributed by atoms with Crippen molar-refractivity contribution in [2.75, 3.05) is 0 Å². The summed E-state index contributed by atoms with van der Waals surface area (Å²) in [5.74, 6) is -3.49. The maximum atomic E-state index is 13.8. The molecule has 0 bridgehead atoms. The normalized spacial score (nSPS) is 11.5. The van der Waals surface area contributed by atoms with Crippen LogP contribution in [-0.2, 0) is 9.13 Å². The van der Waals surface area contributed by atoms with Crippen LogP contribution in [0.5, 0.6) is 5.75 Å². The number of halogens is 4. The van der Waals surface area contributed by atoms with Crippen molar-refractivity contribution in [1.29, 1.82) is 0 Å².